The molecule has 0 unspecified atom stereocenters. The van der Waals surface area contributed by atoms with E-state index in [2.05, 4.69) is 87.0 Å². The first-order chi connectivity index (χ1) is 21.6. The van der Waals surface area contributed by atoms with E-state index in [1.165, 1.54) is 142 Å². The van der Waals surface area contributed by atoms with Crippen LogP contribution < -0.4 is 17.5 Å². The predicted octanol–water partition coefficient (Wildman–Crippen LogP) is 6.86. The summed E-state index contributed by atoms with van der Waals surface area (Å²) >= 11 is -12.1. The molecule has 45 heavy (non-hydrogen) atoms. The van der Waals surface area contributed by atoms with Crippen molar-refractivity contribution in [1.29, 1.82) is 0 Å². The topological polar surface area (TPSA) is 131 Å². The minimum absolute atomic E-state index is 1.18. The van der Waals surface area contributed by atoms with E-state index in [-0.39, 0.29) is 0 Å². The second-order valence-electron chi connectivity index (χ2n) is 11.5. The number of nitrogens with zero attached hydrogens (tertiary/aromatic N) is 2. The summed E-state index contributed by atoms with van der Waals surface area (Å²) < 4.78 is 63.5. The molecule has 0 N–H and O–H groups in total. The predicted molar refractivity (Wildman–Crippen MR) is 161 cm³/mol. The van der Waals surface area contributed by atoms with Crippen LogP contribution in [0.15, 0.2) is 61.2 Å². The number of aromatic nitrogens is 2. The zero-order valence-corrected chi connectivity index (χ0v) is 30.4. The molecule has 260 valence electrons. The summed E-state index contributed by atoms with van der Waals surface area (Å²) in [4.78, 5) is 0. The van der Waals surface area contributed by atoms with Gasteiger partial charge in [0.1, 0.15) is 13.1 Å². The van der Waals surface area contributed by atoms with Gasteiger partial charge >= 0.3 is 53.6 Å². The van der Waals surface area contributed by atoms with Crippen LogP contribution in [0.5, 0.6) is 0 Å². The molecule has 2 rings (SSSR count). The summed E-state index contributed by atoms with van der Waals surface area (Å²) in [6.07, 6.45) is 36.9. The molecule has 2 heterocycles. The molecule has 0 atom stereocenters. The molecular weight excluding hydrogens is 652 g/mol. The van der Waals surface area contributed by atoms with Crippen molar-refractivity contribution < 1.29 is 62.7 Å². The molecule has 0 aliphatic rings. The van der Waals surface area contributed by atoms with E-state index >= 15 is 0 Å². The van der Waals surface area contributed by atoms with Gasteiger partial charge < -0.3 is 0 Å². The number of hydrogen-bond donors (Lipinski definition) is 0. The Morgan fingerprint density at radius 3 is 0.889 bits per heavy atom. The van der Waals surface area contributed by atoms with Crippen molar-refractivity contribution in [1.82, 2.24) is 0 Å². The molecule has 11 heteroatoms. The standard InChI is InChI=1S/2C17H30N.2Cr.7O/c2*1-2-3-4-5-6-7-8-9-10-12-15-18-16-13-11-14-17-18;;;;;;;;;/h2*11,13-14,16-17H,2-10,12,15H2,1H3;;;;;;;;;/q2*+1;;;;;;;;2*-1. The Morgan fingerprint density at radius 2 is 0.667 bits per heavy atom. The Kier molecular flexibility index (Phi) is 28.8. The molecule has 9 nitrogen and oxygen atoms in total. The van der Waals surface area contributed by atoms with Crippen molar-refractivity contribution >= 4 is 0 Å². The first-order valence-corrected chi connectivity index (χ1v) is 21.2. The van der Waals surface area contributed by atoms with E-state index in [1.807, 2.05) is 0 Å². The fraction of sp³-hybridized carbons (Fsp3) is 0.706. The van der Waals surface area contributed by atoms with Crippen molar-refractivity contribution in [3.8, 4) is 0 Å². The summed E-state index contributed by atoms with van der Waals surface area (Å²) in [6.45, 7) is 6.92. The molecule has 0 fully saturated rings. The fourth-order valence-electron chi connectivity index (χ4n) is 4.83. The van der Waals surface area contributed by atoms with Crippen LogP contribution in [0.1, 0.15) is 142 Å². The number of hydrogen-bond acceptors (Lipinski definition) is 7. The molecule has 0 spiro atoms. The molecule has 0 aliphatic carbocycles. The monoisotopic (exact) mass is 712 g/mol. The zero-order chi connectivity index (χ0) is 33.5. The van der Waals surface area contributed by atoms with Gasteiger partial charge in [0.15, 0.2) is 24.8 Å². The van der Waals surface area contributed by atoms with Crippen LogP contribution >= 0.6 is 0 Å². The fourth-order valence-corrected chi connectivity index (χ4v) is 6.47. The average molecular weight is 713 g/mol. The minimum atomic E-state index is -6.07. The summed E-state index contributed by atoms with van der Waals surface area (Å²) in [5.74, 6) is 0. The van der Waals surface area contributed by atoms with Crippen molar-refractivity contribution in [2.75, 3.05) is 0 Å². The Hall–Kier alpha value is -1.56. The molecule has 0 aromatic carbocycles. The summed E-state index contributed by atoms with van der Waals surface area (Å²) in [5.41, 5.74) is 0. The third kappa shape index (κ3) is 35.1. The summed E-state index contributed by atoms with van der Waals surface area (Å²) in [7, 11) is 0. The van der Waals surface area contributed by atoms with E-state index in [1.54, 1.807) is 0 Å². The Balaban J connectivity index is 0.000000684. The normalized spacial score (nSPS) is 11.3. The van der Waals surface area contributed by atoms with Gasteiger partial charge in [0.25, 0.3) is 0 Å². The van der Waals surface area contributed by atoms with Crippen LogP contribution in [-0.4, -0.2) is 0 Å². The van der Waals surface area contributed by atoms with Gasteiger partial charge in [-0.3, -0.25) is 0 Å². The van der Waals surface area contributed by atoms with Gasteiger partial charge in [-0.25, -0.2) is 9.13 Å². The van der Waals surface area contributed by atoms with Gasteiger partial charge in [0.05, 0.1) is 0 Å². The first-order valence-electron chi connectivity index (χ1n) is 17.1. The zero-order valence-electron chi connectivity index (χ0n) is 27.9. The Morgan fingerprint density at radius 1 is 0.422 bits per heavy atom. The quantitative estimate of drug-likeness (QED) is 0.0858. The SMILES string of the molecule is CCCCCCCCCCCC[n+]1ccccc1.CCCCCCCCCCCC[n+]1ccccc1.[O]=[Cr](=[O])([O-])[O][Cr](=[O])(=[O])[O-]. The molecule has 0 aliphatic heterocycles. The average Bonchev–Trinajstić information content (AvgIpc) is 2.99. The van der Waals surface area contributed by atoms with Gasteiger partial charge in [-0.1, -0.05) is 129 Å². The Bertz CT molecular complexity index is 1030. The second kappa shape index (κ2) is 29.8. The first kappa shape index (κ1) is 43.4. The molecule has 0 saturated carbocycles. The molecule has 0 radical (unpaired) electrons. The third-order valence-electron chi connectivity index (χ3n) is 7.26. The number of rotatable bonds is 24. The van der Waals surface area contributed by atoms with Crippen LogP contribution in [0.2, 0.25) is 0 Å². The van der Waals surface area contributed by atoms with Gasteiger partial charge in [0.2, 0.25) is 0 Å². The van der Waals surface area contributed by atoms with Crippen molar-refractivity contribution in [2.45, 2.75) is 155 Å². The number of aryl methyl sites for hydroxylation is 2. The van der Waals surface area contributed by atoms with E-state index in [9.17, 15) is 23.5 Å². The summed E-state index contributed by atoms with van der Waals surface area (Å²) in [5, 5.41) is 0. The van der Waals surface area contributed by atoms with Crippen molar-refractivity contribution in [2.24, 2.45) is 0 Å². The maximum absolute atomic E-state index is 9.38. The van der Waals surface area contributed by atoms with Crippen LogP contribution in [0.3, 0.4) is 0 Å². The van der Waals surface area contributed by atoms with E-state index < -0.39 is 27.2 Å². The Labute approximate surface area is 278 Å². The molecular formula is C34H60Cr2N2O7. The summed E-state index contributed by atoms with van der Waals surface area (Å²) in [6, 6.07) is 12.6. The van der Waals surface area contributed by atoms with E-state index in [0.29, 0.717) is 0 Å². The van der Waals surface area contributed by atoms with E-state index in [0.717, 1.165) is 0 Å². The third-order valence-corrected chi connectivity index (χ3v) is 9.93. The maximum atomic E-state index is 9.38. The van der Waals surface area contributed by atoms with Crippen molar-refractivity contribution in [3.05, 3.63) is 61.2 Å². The molecule has 0 saturated heterocycles. The molecule has 2 aromatic rings. The van der Waals surface area contributed by atoms with Gasteiger partial charge in [0, 0.05) is 37.1 Å². The molecule has 0 amide bonds. The van der Waals surface area contributed by atoms with Crippen LogP contribution in [0, 0.1) is 0 Å². The van der Waals surface area contributed by atoms with Gasteiger partial charge in [-0.15, -0.1) is 0 Å². The second-order valence-corrected chi connectivity index (χ2v) is 15.1. The van der Waals surface area contributed by atoms with E-state index in [4.69, 9.17) is 0 Å². The van der Waals surface area contributed by atoms with Gasteiger partial charge in [-0.05, 0) is 12.8 Å². The van der Waals surface area contributed by atoms with Crippen molar-refractivity contribution in [3.63, 3.8) is 0 Å². The van der Waals surface area contributed by atoms with Crippen LogP contribution in [-0.2, 0) is 58.4 Å². The number of unbranched alkanes of at least 4 members (excludes halogenated alkanes) is 18. The van der Waals surface area contributed by atoms with Crippen LogP contribution in [0.4, 0.5) is 0 Å². The van der Waals surface area contributed by atoms with Gasteiger partial charge in [-0.2, -0.15) is 0 Å². The number of pyridine rings is 2. The molecule has 0 bridgehead atoms. The van der Waals surface area contributed by atoms with Crippen LogP contribution in [0.25, 0.3) is 0 Å². The molecule has 2 aromatic heterocycles.